The third-order valence-corrected chi connectivity index (χ3v) is 3.09. The summed E-state index contributed by atoms with van der Waals surface area (Å²) in [5.41, 5.74) is 2.10. The zero-order valence-electron chi connectivity index (χ0n) is 12.3. The van der Waals surface area contributed by atoms with Crippen molar-refractivity contribution in [2.45, 2.75) is 19.8 Å². The van der Waals surface area contributed by atoms with Crippen molar-refractivity contribution in [2.24, 2.45) is 0 Å². The van der Waals surface area contributed by atoms with E-state index in [9.17, 15) is 9.59 Å². The van der Waals surface area contributed by atoms with Crippen molar-refractivity contribution in [3.63, 3.8) is 0 Å². The summed E-state index contributed by atoms with van der Waals surface area (Å²) in [4.78, 5) is 25.9. The highest BCUT2D eigenvalue weighted by atomic mass is 16.4. The van der Waals surface area contributed by atoms with E-state index >= 15 is 0 Å². The summed E-state index contributed by atoms with van der Waals surface area (Å²) in [6.45, 7) is 2.92. The number of hydrogen-bond acceptors (Lipinski definition) is 3. The molecule has 20 heavy (non-hydrogen) atoms. The van der Waals surface area contributed by atoms with Crippen molar-refractivity contribution in [3.05, 3.63) is 29.8 Å². The van der Waals surface area contributed by atoms with Gasteiger partial charge >= 0.3 is 5.97 Å². The Morgan fingerprint density at radius 2 is 1.60 bits per heavy atom. The first-order chi connectivity index (χ1) is 9.40. The molecule has 0 heterocycles. The van der Waals surface area contributed by atoms with Crippen LogP contribution in [-0.2, 0) is 9.59 Å². The highest BCUT2D eigenvalue weighted by Gasteiger charge is 2.12. The number of aliphatic carboxylic acids is 1. The summed E-state index contributed by atoms with van der Waals surface area (Å²) in [5.74, 6) is -0.793. The van der Waals surface area contributed by atoms with Crippen molar-refractivity contribution in [2.75, 3.05) is 32.1 Å². The average molecular weight is 278 g/mol. The molecule has 0 aliphatic heterocycles. The second-order valence-corrected chi connectivity index (χ2v) is 5.00. The van der Waals surface area contributed by atoms with E-state index < -0.39 is 5.97 Å². The van der Waals surface area contributed by atoms with Crippen LogP contribution in [0.2, 0.25) is 0 Å². The Hall–Kier alpha value is -2.04. The lowest BCUT2D eigenvalue weighted by Gasteiger charge is -2.24. The van der Waals surface area contributed by atoms with Crippen molar-refractivity contribution < 1.29 is 14.7 Å². The Morgan fingerprint density at radius 1 is 1.05 bits per heavy atom. The number of nitrogens with zero attached hydrogens (tertiary/aromatic N) is 2. The van der Waals surface area contributed by atoms with E-state index in [4.69, 9.17) is 5.11 Å². The number of hydrogen-bond donors (Lipinski definition) is 1. The Bertz CT molecular complexity index is 455. The van der Waals surface area contributed by atoms with Gasteiger partial charge in [0.1, 0.15) is 0 Å². The molecule has 0 saturated heterocycles. The number of amides is 1. The van der Waals surface area contributed by atoms with Gasteiger partial charge in [0.15, 0.2) is 0 Å². The fourth-order valence-corrected chi connectivity index (χ4v) is 1.81. The lowest BCUT2D eigenvalue weighted by Crippen LogP contribution is -2.31. The number of carboxylic acids is 1. The Balaban J connectivity index is 2.71. The topological polar surface area (TPSA) is 60.9 Å². The van der Waals surface area contributed by atoms with Crippen LogP contribution >= 0.6 is 0 Å². The van der Waals surface area contributed by atoms with Crippen LogP contribution in [0.15, 0.2) is 24.3 Å². The van der Waals surface area contributed by atoms with Gasteiger partial charge in [-0.15, -0.1) is 0 Å². The second-order valence-electron chi connectivity index (χ2n) is 5.00. The maximum absolute atomic E-state index is 11.7. The standard InChI is InChI=1S/C15H22N2O3/c1-12-4-6-13(7-5-12)17(11-9-15(19)20)10-8-14(18)16(2)3/h4-7H,8-11H2,1-3H3,(H,19,20). The number of carbonyl (C=O) groups is 2. The average Bonchev–Trinajstić information content (AvgIpc) is 2.39. The van der Waals surface area contributed by atoms with E-state index in [-0.39, 0.29) is 12.3 Å². The molecule has 0 radical (unpaired) electrons. The van der Waals surface area contributed by atoms with Gasteiger partial charge in [0.05, 0.1) is 6.42 Å². The second kappa shape index (κ2) is 7.53. The summed E-state index contributed by atoms with van der Waals surface area (Å²) >= 11 is 0. The number of rotatable bonds is 7. The summed E-state index contributed by atoms with van der Waals surface area (Å²) in [6.07, 6.45) is 0.435. The van der Waals surface area contributed by atoms with Crippen molar-refractivity contribution in [3.8, 4) is 0 Å². The molecule has 5 heteroatoms. The third kappa shape index (κ3) is 5.30. The van der Waals surface area contributed by atoms with Crippen molar-refractivity contribution in [1.82, 2.24) is 4.90 Å². The van der Waals surface area contributed by atoms with Gasteiger partial charge in [0.25, 0.3) is 0 Å². The van der Waals surface area contributed by atoms with Crippen molar-refractivity contribution in [1.29, 1.82) is 0 Å². The molecule has 0 saturated carbocycles. The molecule has 0 atom stereocenters. The molecule has 0 aliphatic carbocycles. The lowest BCUT2D eigenvalue weighted by atomic mass is 10.2. The van der Waals surface area contributed by atoms with E-state index in [1.165, 1.54) is 0 Å². The first kappa shape index (κ1) is 16.0. The fraction of sp³-hybridized carbons (Fsp3) is 0.467. The molecule has 1 amide bonds. The summed E-state index contributed by atoms with van der Waals surface area (Å²) in [7, 11) is 3.44. The molecule has 0 unspecified atom stereocenters. The van der Waals surface area contributed by atoms with E-state index in [2.05, 4.69) is 0 Å². The molecule has 1 N–H and O–H groups in total. The number of aryl methyl sites for hydroxylation is 1. The highest BCUT2D eigenvalue weighted by Crippen LogP contribution is 2.16. The van der Waals surface area contributed by atoms with E-state index in [0.29, 0.717) is 19.5 Å². The summed E-state index contributed by atoms with van der Waals surface area (Å²) in [5, 5.41) is 8.82. The Labute approximate surface area is 119 Å². The lowest BCUT2D eigenvalue weighted by molar-refractivity contribution is -0.136. The van der Waals surface area contributed by atoms with Crippen molar-refractivity contribution >= 4 is 17.6 Å². The molecule has 0 aromatic heterocycles. The molecule has 110 valence electrons. The predicted molar refractivity (Wildman–Crippen MR) is 79.0 cm³/mol. The fourth-order valence-electron chi connectivity index (χ4n) is 1.81. The minimum Gasteiger partial charge on any atom is -0.481 e. The number of anilines is 1. The maximum Gasteiger partial charge on any atom is 0.305 e. The van der Waals surface area contributed by atoms with Crippen LogP contribution in [0, 0.1) is 6.92 Å². The highest BCUT2D eigenvalue weighted by molar-refractivity contribution is 5.76. The van der Waals surface area contributed by atoms with Crippen LogP contribution in [-0.4, -0.2) is 49.1 Å². The van der Waals surface area contributed by atoms with E-state index in [0.717, 1.165) is 11.3 Å². The van der Waals surface area contributed by atoms with E-state index in [1.54, 1.807) is 19.0 Å². The van der Waals surface area contributed by atoms with Gasteiger partial charge in [0.2, 0.25) is 5.91 Å². The Kier molecular flexibility index (Phi) is 6.03. The number of benzene rings is 1. The first-order valence-corrected chi connectivity index (χ1v) is 6.63. The largest absolute Gasteiger partial charge is 0.481 e. The van der Waals surface area contributed by atoms with Crippen LogP contribution in [0.5, 0.6) is 0 Å². The molecule has 1 aromatic rings. The molecule has 1 aromatic carbocycles. The predicted octanol–water partition coefficient (Wildman–Crippen LogP) is 1.75. The molecule has 0 bridgehead atoms. The van der Waals surface area contributed by atoms with Crippen LogP contribution in [0.3, 0.4) is 0 Å². The first-order valence-electron chi connectivity index (χ1n) is 6.63. The van der Waals surface area contributed by atoms with Gasteiger partial charge in [-0.1, -0.05) is 17.7 Å². The van der Waals surface area contributed by atoms with Gasteiger partial charge in [-0.2, -0.15) is 0 Å². The van der Waals surface area contributed by atoms with Crippen LogP contribution in [0.25, 0.3) is 0 Å². The van der Waals surface area contributed by atoms with Crippen LogP contribution in [0.4, 0.5) is 5.69 Å². The molecule has 0 fully saturated rings. The van der Waals surface area contributed by atoms with Gasteiger partial charge < -0.3 is 14.9 Å². The molecular formula is C15H22N2O3. The molecular weight excluding hydrogens is 256 g/mol. The van der Waals surface area contributed by atoms with E-state index in [1.807, 2.05) is 36.1 Å². The molecule has 0 spiro atoms. The molecule has 5 nitrogen and oxygen atoms in total. The summed E-state index contributed by atoms with van der Waals surface area (Å²) in [6, 6.07) is 7.88. The smallest absolute Gasteiger partial charge is 0.305 e. The minimum atomic E-state index is -0.832. The molecule has 0 aliphatic rings. The van der Waals surface area contributed by atoms with Crippen LogP contribution < -0.4 is 4.90 Å². The van der Waals surface area contributed by atoms with Crippen LogP contribution in [0.1, 0.15) is 18.4 Å². The third-order valence-electron chi connectivity index (χ3n) is 3.09. The number of carboxylic acid groups (broad SMARTS) is 1. The zero-order chi connectivity index (χ0) is 15.1. The minimum absolute atomic E-state index is 0.0393. The Morgan fingerprint density at radius 3 is 2.10 bits per heavy atom. The van der Waals surface area contributed by atoms with Gasteiger partial charge in [0, 0.05) is 39.3 Å². The maximum atomic E-state index is 11.7. The molecule has 1 rings (SSSR count). The SMILES string of the molecule is Cc1ccc(N(CCC(=O)O)CCC(=O)N(C)C)cc1. The summed E-state index contributed by atoms with van der Waals surface area (Å²) < 4.78 is 0. The van der Waals surface area contributed by atoms with Gasteiger partial charge in [-0.3, -0.25) is 9.59 Å². The normalized spacial score (nSPS) is 10.2. The van der Waals surface area contributed by atoms with Gasteiger partial charge in [-0.25, -0.2) is 0 Å². The quantitative estimate of drug-likeness (QED) is 0.825. The zero-order valence-corrected chi connectivity index (χ0v) is 12.3. The number of carbonyl (C=O) groups excluding carboxylic acids is 1. The monoisotopic (exact) mass is 278 g/mol. The van der Waals surface area contributed by atoms with Gasteiger partial charge in [-0.05, 0) is 19.1 Å².